The number of nitro benzene ring substituents is 1. The van der Waals surface area contributed by atoms with Crippen LogP contribution in [0.3, 0.4) is 0 Å². The maximum Gasteiger partial charge on any atom is 0.310 e. The van der Waals surface area contributed by atoms with Crippen molar-refractivity contribution >= 4 is 11.6 Å². The first-order chi connectivity index (χ1) is 14.6. The summed E-state index contributed by atoms with van der Waals surface area (Å²) >= 11 is 0. The SMILES string of the molecule is COc1ccc([C@H](CNC(=O)COc2ccccc2[N+](=O)[O-])N2CCCCC2)cc1. The second-order valence-electron chi connectivity index (χ2n) is 7.20. The zero-order valence-electron chi connectivity index (χ0n) is 17.1. The third kappa shape index (κ3) is 5.70. The molecule has 160 valence electrons. The minimum Gasteiger partial charge on any atom is -0.497 e. The lowest BCUT2D eigenvalue weighted by atomic mass is 10.0. The molecule has 3 rings (SSSR count). The molecular weight excluding hydrogens is 386 g/mol. The molecule has 2 aromatic rings. The van der Waals surface area contributed by atoms with Crippen LogP contribution < -0.4 is 14.8 Å². The topological polar surface area (TPSA) is 93.9 Å². The van der Waals surface area contributed by atoms with Crippen LogP contribution in [0.4, 0.5) is 5.69 Å². The number of nitrogens with zero attached hydrogens (tertiary/aromatic N) is 2. The molecule has 1 atom stereocenters. The third-order valence-corrected chi connectivity index (χ3v) is 5.25. The van der Waals surface area contributed by atoms with Crippen molar-refractivity contribution in [3.8, 4) is 11.5 Å². The van der Waals surface area contributed by atoms with Crippen molar-refractivity contribution in [2.24, 2.45) is 0 Å². The number of hydrogen-bond acceptors (Lipinski definition) is 6. The molecule has 0 aromatic heterocycles. The number of carbonyl (C=O) groups is 1. The molecule has 8 heteroatoms. The van der Waals surface area contributed by atoms with E-state index in [1.165, 1.54) is 18.6 Å². The number of piperidine rings is 1. The van der Waals surface area contributed by atoms with Crippen LogP contribution in [0, 0.1) is 10.1 Å². The van der Waals surface area contributed by atoms with E-state index >= 15 is 0 Å². The number of likely N-dealkylation sites (tertiary alicyclic amines) is 1. The molecule has 0 spiro atoms. The van der Waals surface area contributed by atoms with Crippen LogP contribution in [0.1, 0.15) is 30.9 Å². The minimum absolute atomic E-state index is 0.0474. The van der Waals surface area contributed by atoms with Gasteiger partial charge in [0.1, 0.15) is 5.75 Å². The third-order valence-electron chi connectivity index (χ3n) is 5.25. The number of ether oxygens (including phenoxy) is 2. The summed E-state index contributed by atoms with van der Waals surface area (Å²) in [7, 11) is 1.63. The van der Waals surface area contributed by atoms with Gasteiger partial charge in [-0.05, 0) is 49.7 Å². The molecule has 1 heterocycles. The Labute approximate surface area is 175 Å². The molecule has 0 unspecified atom stereocenters. The summed E-state index contributed by atoms with van der Waals surface area (Å²) in [6.45, 7) is 2.13. The lowest BCUT2D eigenvalue weighted by Gasteiger charge is -2.35. The average molecular weight is 413 g/mol. The number of nitro groups is 1. The second kappa shape index (κ2) is 10.6. The van der Waals surface area contributed by atoms with Gasteiger partial charge < -0.3 is 14.8 Å². The fraction of sp³-hybridized carbons (Fsp3) is 0.409. The van der Waals surface area contributed by atoms with E-state index < -0.39 is 4.92 Å². The molecule has 30 heavy (non-hydrogen) atoms. The average Bonchev–Trinajstić information content (AvgIpc) is 2.79. The van der Waals surface area contributed by atoms with Gasteiger partial charge in [0.25, 0.3) is 5.91 Å². The summed E-state index contributed by atoms with van der Waals surface area (Å²) in [5.74, 6) is 0.557. The normalized spacial score (nSPS) is 15.2. The first-order valence-electron chi connectivity index (χ1n) is 10.1. The standard InChI is InChI=1S/C22H27N3O5/c1-29-18-11-9-17(10-12-18)20(24-13-5-2-6-14-24)15-23-22(26)16-30-21-8-4-3-7-19(21)25(27)28/h3-4,7-12,20H,2,5-6,13-16H2,1H3,(H,23,26)/t20-/m0/s1. The van der Waals surface area contributed by atoms with Crippen molar-refractivity contribution in [1.29, 1.82) is 0 Å². The Kier molecular flexibility index (Phi) is 7.62. The molecule has 0 saturated carbocycles. The predicted molar refractivity (Wildman–Crippen MR) is 113 cm³/mol. The molecule has 1 amide bonds. The lowest BCUT2D eigenvalue weighted by molar-refractivity contribution is -0.385. The van der Waals surface area contributed by atoms with Crippen molar-refractivity contribution in [2.75, 3.05) is 33.4 Å². The van der Waals surface area contributed by atoms with Crippen molar-refractivity contribution < 1.29 is 19.2 Å². The van der Waals surface area contributed by atoms with Gasteiger partial charge in [0.15, 0.2) is 12.4 Å². The number of carbonyl (C=O) groups excluding carboxylic acids is 1. The van der Waals surface area contributed by atoms with E-state index in [1.807, 2.05) is 24.3 Å². The maximum atomic E-state index is 12.4. The van der Waals surface area contributed by atoms with Gasteiger partial charge in [-0.2, -0.15) is 0 Å². The minimum atomic E-state index is -0.525. The smallest absolute Gasteiger partial charge is 0.310 e. The van der Waals surface area contributed by atoms with Gasteiger partial charge in [0.2, 0.25) is 0 Å². The number of hydrogen-bond donors (Lipinski definition) is 1. The summed E-state index contributed by atoms with van der Waals surface area (Å²) in [4.78, 5) is 25.3. The monoisotopic (exact) mass is 413 g/mol. The number of benzene rings is 2. The number of nitrogens with one attached hydrogen (secondary N) is 1. The molecular formula is C22H27N3O5. The van der Waals surface area contributed by atoms with Crippen LogP contribution in [-0.2, 0) is 4.79 Å². The first-order valence-corrected chi connectivity index (χ1v) is 10.1. The summed E-state index contributed by atoms with van der Waals surface area (Å²) < 4.78 is 10.6. The van der Waals surface area contributed by atoms with Crippen molar-refractivity contribution in [3.63, 3.8) is 0 Å². The quantitative estimate of drug-likeness (QED) is 0.501. The lowest BCUT2D eigenvalue weighted by Crippen LogP contribution is -2.41. The highest BCUT2D eigenvalue weighted by molar-refractivity contribution is 5.77. The van der Waals surface area contributed by atoms with Crippen LogP contribution in [0.2, 0.25) is 0 Å². The Morgan fingerprint density at radius 2 is 1.83 bits per heavy atom. The molecule has 1 saturated heterocycles. The Hall–Kier alpha value is -3.13. The number of methoxy groups -OCH3 is 1. The predicted octanol–water partition coefficient (Wildman–Crippen LogP) is 3.33. The van der Waals surface area contributed by atoms with Crippen molar-refractivity contribution in [2.45, 2.75) is 25.3 Å². The molecule has 1 fully saturated rings. The van der Waals surface area contributed by atoms with Gasteiger partial charge in [-0.15, -0.1) is 0 Å². The Bertz CT molecular complexity index is 850. The molecule has 8 nitrogen and oxygen atoms in total. The first kappa shape index (κ1) is 21.6. The van der Waals surface area contributed by atoms with Gasteiger partial charge in [0, 0.05) is 12.6 Å². The number of amides is 1. The molecule has 1 aliphatic heterocycles. The van der Waals surface area contributed by atoms with Gasteiger partial charge in [-0.25, -0.2) is 0 Å². The van der Waals surface area contributed by atoms with Gasteiger partial charge >= 0.3 is 5.69 Å². The van der Waals surface area contributed by atoms with E-state index in [2.05, 4.69) is 10.2 Å². The van der Waals surface area contributed by atoms with Crippen molar-refractivity contribution in [1.82, 2.24) is 10.2 Å². The highest BCUT2D eigenvalue weighted by atomic mass is 16.6. The fourth-order valence-electron chi connectivity index (χ4n) is 3.65. The second-order valence-corrected chi connectivity index (χ2v) is 7.20. The number of rotatable bonds is 9. The summed E-state index contributed by atoms with van der Waals surface area (Å²) in [5.41, 5.74) is 0.951. The Morgan fingerprint density at radius 1 is 1.13 bits per heavy atom. The van der Waals surface area contributed by atoms with Crippen LogP contribution in [0.5, 0.6) is 11.5 Å². The summed E-state index contributed by atoms with van der Waals surface area (Å²) in [6.07, 6.45) is 3.50. The van der Waals surface area contributed by atoms with E-state index in [9.17, 15) is 14.9 Å². The molecule has 1 aliphatic rings. The van der Waals surface area contributed by atoms with Crippen LogP contribution in [0.25, 0.3) is 0 Å². The van der Waals surface area contributed by atoms with E-state index in [-0.39, 0.29) is 30.0 Å². The van der Waals surface area contributed by atoms with E-state index in [1.54, 1.807) is 19.2 Å². The highest BCUT2D eigenvalue weighted by Crippen LogP contribution is 2.27. The highest BCUT2D eigenvalue weighted by Gasteiger charge is 2.23. The molecule has 1 N–H and O–H groups in total. The van der Waals surface area contributed by atoms with Gasteiger partial charge in [-0.3, -0.25) is 19.8 Å². The molecule has 2 aromatic carbocycles. The summed E-state index contributed by atoms with van der Waals surface area (Å²) in [6, 6.07) is 14.0. The fourth-order valence-corrected chi connectivity index (χ4v) is 3.65. The van der Waals surface area contributed by atoms with E-state index in [0.717, 1.165) is 37.2 Å². The zero-order valence-corrected chi connectivity index (χ0v) is 17.1. The van der Waals surface area contributed by atoms with Crippen molar-refractivity contribution in [3.05, 3.63) is 64.2 Å². The van der Waals surface area contributed by atoms with Gasteiger partial charge in [-0.1, -0.05) is 30.7 Å². The molecule has 0 radical (unpaired) electrons. The molecule has 0 bridgehead atoms. The Morgan fingerprint density at radius 3 is 2.50 bits per heavy atom. The van der Waals surface area contributed by atoms with E-state index in [0.29, 0.717) is 6.54 Å². The molecule has 0 aliphatic carbocycles. The summed E-state index contributed by atoms with van der Waals surface area (Å²) in [5, 5.41) is 14.0. The van der Waals surface area contributed by atoms with Crippen LogP contribution in [-0.4, -0.2) is 49.1 Å². The maximum absolute atomic E-state index is 12.4. The van der Waals surface area contributed by atoms with E-state index in [4.69, 9.17) is 9.47 Å². The van der Waals surface area contributed by atoms with Crippen LogP contribution in [0.15, 0.2) is 48.5 Å². The van der Waals surface area contributed by atoms with Crippen LogP contribution >= 0.6 is 0 Å². The Balaban J connectivity index is 1.61. The van der Waals surface area contributed by atoms with Gasteiger partial charge in [0.05, 0.1) is 18.1 Å². The zero-order chi connectivity index (χ0) is 21.3. The largest absolute Gasteiger partial charge is 0.497 e. The number of para-hydroxylation sites is 2.